The second-order valence-corrected chi connectivity index (χ2v) is 4.89. The first-order valence-electron chi connectivity index (χ1n) is 6.46. The minimum absolute atomic E-state index is 0.745. The maximum Gasteiger partial charge on any atom is 0.0594 e. The highest BCUT2D eigenvalue weighted by atomic mass is 35.5. The van der Waals surface area contributed by atoms with Gasteiger partial charge in [0.1, 0.15) is 0 Å². The topological polar surface area (TPSA) is 37.4 Å². The number of morpholine rings is 1. The van der Waals surface area contributed by atoms with Crippen molar-refractivity contribution in [1.29, 1.82) is 0 Å². The van der Waals surface area contributed by atoms with Crippen molar-refractivity contribution in [2.75, 3.05) is 39.4 Å². The summed E-state index contributed by atoms with van der Waals surface area (Å²) in [5.41, 5.74) is 0.994. The lowest BCUT2D eigenvalue weighted by atomic mass is 10.3. The lowest BCUT2D eigenvalue weighted by Gasteiger charge is -2.26. The molecule has 5 heteroatoms. The van der Waals surface area contributed by atoms with E-state index in [9.17, 15) is 0 Å². The van der Waals surface area contributed by atoms with Crippen LogP contribution < -0.4 is 5.32 Å². The Labute approximate surface area is 113 Å². The minimum Gasteiger partial charge on any atom is -0.379 e. The van der Waals surface area contributed by atoms with Crippen molar-refractivity contribution in [3.8, 4) is 0 Å². The Kier molecular flexibility index (Phi) is 5.87. The molecule has 1 fully saturated rings. The Morgan fingerprint density at radius 1 is 1.39 bits per heavy atom. The number of pyridine rings is 1. The lowest BCUT2D eigenvalue weighted by molar-refractivity contribution is 0.0374. The summed E-state index contributed by atoms with van der Waals surface area (Å²) in [6.07, 6.45) is 2.90. The zero-order valence-corrected chi connectivity index (χ0v) is 11.3. The molecule has 1 aromatic rings. The largest absolute Gasteiger partial charge is 0.379 e. The van der Waals surface area contributed by atoms with Crippen LogP contribution >= 0.6 is 11.6 Å². The zero-order valence-electron chi connectivity index (χ0n) is 10.6. The second-order valence-electron chi connectivity index (χ2n) is 4.45. The third-order valence-corrected chi connectivity index (χ3v) is 3.25. The molecule has 1 aliphatic heterocycles. The van der Waals surface area contributed by atoms with Crippen LogP contribution in [0, 0.1) is 0 Å². The summed E-state index contributed by atoms with van der Waals surface area (Å²) < 4.78 is 5.32. The Balaban J connectivity index is 1.55. The van der Waals surface area contributed by atoms with E-state index in [0.29, 0.717) is 0 Å². The summed E-state index contributed by atoms with van der Waals surface area (Å²) >= 11 is 5.90. The highest BCUT2D eigenvalue weighted by Crippen LogP contribution is 2.07. The van der Waals surface area contributed by atoms with Gasteiger partial charge in [-0.15, -0.1) is 0 Å². The first kappa shape index (κ1) is 13.7. The van der Waals surface area contributed by atoms with Crippen molar-refractivity contribution >= 4 is 11.6 Å². The molecule has 2 heterocycles. The Morgan fingerprint density at radius 2 is 2.22 bits per heavy atom. The molecule has 0 amide bonds. The number of halogens is 1. The fraction of sp³-hybridized carbons (Fsp3) is 0.615. The molecule has 4 nitrogen and oxygen atoms in total. The standard InChI is InChI=1S/C13H20ClN3O/c14-12-2-4-16-13(10-12)11-15-3-1-5-17-6-8-18-9-7-17/h2,4,10,15H,1,3,5-9,11H2. The van der Waals surface area contributed by atoms with Crippen LogP contribution in [0.3, 0.4) is 0 Å². The van der Waals surface area contributed by atoms with Crippen LogP contribution in [0.5, 0.6) is 0 Å². The summed E-state index contributed by atoms with van der Waals surface area (Å²) in [7, 11) is 0. The van der Waals surface area contributed by atoms with Gasteiger partial charge < -0.3 is 10.1 Å². The monoisotopic (exact) mass is 269 g/mol. The summed E-state index contributed by atoms with van der Waals surface area (Å²) in [5.74, 6) is 0. The first-order chi connectivity index (χ1) is 8.84. The highest BCUT2D eigenvalue weighted by molar-refractivity contribution is 6.30. The van der Waals surface area contributed by atoms with Crippen LogP contribution in [0.4, 0.5) is 0 Å². The number of hydrogen-bond acceptors (Lipinski definition) is 4. The van der Waals surface area contributed by atoms with E-state index in [4.69, 9.17) is 16.3 Å². The van der Waals surface area contributed by atoms with Gasteiger partial charge in [-0.25, -0.2) is 0 Å². The van der Waals surface area contributed by atoms with Crippen LogP contribution in [0.2, 0.25) is 5.02 Å². The van der Waals surface area contributed by atoms with Gasteiger partial charge in [0.2, 0.25) is 0 Å². The molecule has 18 heavy (non-hydrogen) atoms. The molecular weight excluding hydrogens is 250 g/mol. The molecule has 1 saturated heterocycles. The fourth-order valence-corrected chi connectivity index (χ4v) is 2.20. The van der Waals surface area contributed by atoms with E-state index in [1.165, 1.54) is 0 Å². The van der Waals surface area contributed by atoms with Crippen molar-refractivity contribution in [1.82, 2.24) is 15.2 Å². The molecule has 0 saturated carbocycles. The van der Waals surface area contributed by atoms with Crippen LogP contribution in [0.15, 0.2) is 18.3 Å². The first-order valence-corrected chi connectivity index (χ1v) is 6.83. The van der Waals surface area contributed by atoms with Crippen molar-refractivity contribution in [3.63, 3.8) is 0 Å². The molecule has 0 radical (unpaired) electrons. The van der Waals surface area contributed by atoms with Crippen molar-refractivity contribution in [3.05, 3.63) is 29.0 Å². The van der Waals surface area contributed by atoms with Gasteiger partial charge in [-0.1, -0.05) is 11.6 Å². The normalized spacial score (nSPS) is 16.9. The van der Waals surface area contributed by atoms with E-state index < -0.39 is 0 Å². The number of rotatable bonds is 6. The van der Waals surface area contributed by atoms with Gasteiger partial charge in [-0.3, -0.25) is 9.88 Å². The number of aromatic nitrogens is 1. The number of ether oxygens (including phenoxy) is 1. The van der Waals surface area contributed by atoms with Gasteiger partial charge in [0.05, 0.1) is 18.9 Å². The summed E-state index contributed by atoms with van der Waals surface area (Å²) in [6.45, 7) is 6.81. The van der Waals surface area contributed by atoms with Gasteiger partial charge >= 0.3 is 0 Å². The molecule has 0 aliphatic carbocycles. The summed E-state index contributed by atoms with van der Waals surface area (Å²) in [5, 5.41) is 4.13. The van der Waals surface area contributed by atoms with Crippen molar-refractivity contribution in [2.45, 2.75) is 13.0 Å². The van der Waals surface area contributed by atoms with Gasteiger partial charge in [0.15, 0.2) is 0 Å². The third kappa shape index (κ3) is 4.90. The fourth-order valence-electron chi connectivity index (χ4n) is 2.01. The van der Waals surface area contributed by atoms with Crippen LogP contribution in [-0.4, -0.2) is 49.3 Å². The number of nitrogens with one attached hydrogen (secondary N) is 1. The van der Waals surface area contributed by atoms with E-state index in [0.717, 1.165) is 63.1 Å². The van der Waals surface area contributed by atoms with E-state index in [-0.39, 0.29) is 0 Å². The van der Waals surface area contributed by atoms with E-state index >= 15 is 0 Å². The molecular formula is C13H20ClN3O. The predicted octanol–water partition coefficient (Wildman–Crippen LogP) is 1.55. The molecule has 2 rings (SSSR count). The second kappa shape index (κ2) is 7.69. The molecule has 1 N–H and O–H groups in total. The smallest absolute Gasteiger partial charge is 0.0594 e. The Bertz CT molecular complexity index is 356. The predicted molar refractivity (Wildman–Crippen MR) is 72.8 cm³/mol. The molecule has 0 spiro atoms. The maximum atomic E-state index is 5.90. The van der Waals surface area contributed by atoms with Crippen LogP contribution in [-0.2, 0) is 11.3 Å². The molecule has 0 atom stereocenters. The average molecular weight is 270 g/mol. The van der Waals surface area contributed by atoms with Crippen molar-refractivity contribution in [2.24, 2.45) is 0 Å². The number of hydrogen-bond donors (Lipinski definition) is 1. The third-order valence-electron chi connectivity index (χ3n) is 3.02. The Hall–Kier alpha value is -0.680. The number of nitrogens with zero attached hydrogens (tertiary/aromatic N) is 2. The molecule has 0 unspecified atom stereocenters. The van der Waals surface area contributed by atoms with Gasteiger partial charge in [-0.2, -0.15) is 0 Å². The molecule has 0 bridgehead atoms. The lowest BCUT2D eigenvalue weighted by Crippen LogP contribution is -2.37. The maximum absolute atomic E-state index is 5.90. The molecule has 100 valence electrons. The van der Waals surface area contributed by atoms with Crippen LogP contribution in [0.1, 0.15) is 12.1 Å². The Morgan fingerprint density at radius 3 is 3.00 bits per heavy atom. The average Bonchev–Trinajstić information content (AvgIpc) is 2.40. The SMILES string of the molecule is Clc1ccnc(CNCCCN2CCOCC2)c1. The quantitative estimate of drug-likeness (QED) is 0.795. The minimum atomic E-state index is 0.745. The summed E-state index contributed by atoms with van der Waals surface area (Å²) in [6, 6.07) is 3.69. The molecule has 1 aliphatic rings. The van der Waals surface area contributed by atoms with Gasteiger partial charge in [-0.05, 0) is 31.6 Å². The van der Waals surface area contributed by atoms with E-state index in [1.807, 2.05) is 6.07 Å². The van der Waals surface area contributed by atoms with E-state index in [2.05, 4.69) is 15.2 Å². The van der Waals surface area contributed by atoms with Crippen LogP contribution in [0.25, 0.3) is 0 Å². The molecule has 0 aromatic carbocycles. The van der Waals surface area contributed by atoms with Gasteiger partial charge in [0.25, 0.3) is 0 Å². The van der Waals surface area contributed by atoms with Crippen molar-refractivity contribution < 1.29 is 4.74 Å². The van der Waals surface area contributed by atoms with Gasteiger partial charge in [0, 0.05) is 30.9 Å². The van der Waals surface area contributed by atoms with E-state index in [1.54, 1.807) is 12.3 Å². The summed E-state index contributed by atoms with van der Waals surface area (Å²) in [4.78, 5) is 6.70. The zero-order chi connectivity index (χ0) is 12.6. The molecule has 1 aromatic heterocycles. The highest BCUT2D eigenvalue weighted by Gasteiger charge is 2.08.